The number of hydrogen-bond acceptors (Lipinski definition) is 9. The summed E-state index contributed by atoms with van der Waals surface area (Å²) in [6.07, 6.45) is 0.195. The van der Waals surface area contributed by atoms with Crippen LogP contribution in [-0.2, 0) is 16.6 Å². The molecule has 184 valence electrons. The van der Waals surface area contributed by atoms with Crippen LogP contribution in [0.3, 0.4) is 0 Å². The minimum atomic E-state index is -1.34. The van der Waals surface area contributed by atoms with Crippen LogP contribution in [-0.4, -0.2) is 106 Å². The zero-order valence-electron chi connectivity index (χ0n) is 18.2. The molecule has 0 radical (unpaired) electrons. The Morgan fingerprint density at radius 1 is 1.19 bits per heavy atom. The van der Waals surface area contributed by atoms with E-state index in [2.05, 4.69) is 28.0 Å². The average molecular weight is 524 g/mol. The molecule has 1 aromatic heterocycles. The van der Waals surface area contributed by atoms with Gasteiger partial charge < -0.3 is 25.5 Å². The van der Waals surface area contributed by atoms with Gasteiger partial charge in [0.05, 0.1) is 11.3 Å². The van der Waals surface area contributed by atoms with Gasteiger partial charge in [-0.05, 0) is 36.3 Å². The van der Waals surface area contributed by atoms with E-state index in [4.69, 9.17) is 0 Å². The summed E-state index contributed by atoms with van der Waals surface area (Å²) in [4.78, 5) is 56.4. The number of aliphatic carboxylic acids is 1. The Balaban J connectivity index is 0.00000304. The van der Waals surface area contributed by atoms with Crippen LogP contribution in [0.4, 0.5) is 10.5 Å². The zero-order valence-corrected chi connectivity index (χ0v) is 19.1. The number of nitrogens with zero attached hydrogens (tertiary/aromatic N) is 5. The number of carboxylic acids is 1. The number of nitrogens with one attached hydrogen (secondary N) is 1. The van der Waals surface area contributed by atoms with E-state index < -0.39 is 46.7 Å². The van der Waals surface area contributed by atoms with Crippen molar-refractivity contribution < 1.29 is 29.7 Å². The number of aromatic nitrogens is 3. The molecule has 4 heterocycles. The van der Waals surface area contributed by atoms with E-state index in [1.54, 1.807) is 0 Å². The molecule has 0 bridgehead atoms. The summed E-state index contributed by atoms with van der Waals surface area (Å²) in [5.74, 6) is -2.89. The third-order valence-corrected chi connectivity index (χ3v) is 7.07. The number of phenols is 1. The number of thiol groups is 1. The summed E-state index contributed by atoms with van der Waals surface area (Å²) < 4.78 is 1.12. The quantitative estimate of drug-likeness (QED) is 0.151. The van der Waals surface area contributed by atoms with E-state index in [-0.39, 0.29) is 71.3 Å². The fourth-order valence-electron chi connectivity index (χ4n) is 5.02. The second-order valence-electron chi connectivity index (χ2n) is 8.54. The predicted octanol–water partition coefficient (Wildman–Crippen LogP) is -0.605. The molecule has 1 aromatic carbocycles. The Labute approximate surface area is 231 Å². The van der Waals surface area contributed by atoms with Gasteiger partial charge in [0.2, 0.25) is 0 Å². The standard InChI is InChI=1S/C21H20N6O7S.Na.H/c1-25-16(23-17(29)18(30)24-25)15(35)11-6-8-7-26(21(34)22-9-2-4-10(28)5-3-9)14-12(8)27(19(14)31)13(11)20(32)33;;/h2-5,8,12,14-15,28,35H,6-7H2,1H3,(H,22,34)(H,24,30)(H,32,33);;/t8-,12-,14+,15?;;/m1../s1. The number of amides is 3. The monoisotopic (exact) mass is 524 g/mol. The van der Waals surface area contributed by atoms with Gasteiger partial charge in [-0.2, -0.15) is 17.6 Å². The van der Waals surface area contributed by atoms with E-state index in [1.165, 1.54) is 41.1 Å². The van der Waals surface area contributed by atoms with Gasteiger partial charge >= 0.3 is 47.1 Å². The summed E-state index contributed by atoms with van der Waals surface area (Å²) in [6, 6.07) is 4.04. The molecular formula is C21H21N6NaO7S. The first-order valence-corrected chi connectivity index (χ1v) is 11.1. The number of hydrogen-bond donors (Lipinski definition) is 5. The number of benzene rings is 1. The number of β-lactam (4-membered cyclic amide) rings is 1. The Morgan fingerprint density at radius 3 is 2.50 bits per heavy atom. The summed E-state index contributed by atoms with van der Waals surface area (Å²) in [6.45, 7) is 0.193. The number of carbonyl (C=O) groups is 3. The third kappa shape index (κ3) is 4.03. The molecule has 2 fully saturated rings. The molecule has 3 aliphatic rings. The van der Waals surface area contributed by atoms with E-state index in [0.29, 0.717) is 5.69 Å². The SMILES string of the molecule is Cn1nc(O)c(=O)nc1C(S)C1=C(C(=O)O)N2C(=O)[C@@H]3[C@H]2[C@H](C1)CN3C(=O)Nc1ccc(O)cc1.[NaH]. The number of phenolic OH excluding ortho intramolecular Hbond substituents is 1. The number of carboxylic acid groups (broad SMARTS) is 1. The third-order valence-electron chi connectivity index (χ3n) is 6.53. The number of urea groups is 1. The van der Waals surface area contributed by atoms with Crippen molar-refractivity contribution in [2.75, 3.05) is 11.9 Å². The molecule has 36 heavy (non-hydrogen) atoms. The number of aryl methyl sites for hydroxylation is 1. The molecule has 1 unspecified atom stereocenters. The second kappa shape index (κ2) is 9.42. The molecule has 0 aliphatic carbocycles. The van der Waals surface area contributed by atoms with Gasteiger partial charge in [0.25, 0.3) is 11.8 Å². The Bertz CT molecular complexity index is 1360. The van der Waals surface area contributed by atoms with Gasteiger partial charge in [-0.25, -0.2) is 14.3 Å². The maximum atomic E-state index is 13.1. The summed E-state index contributed by atoms with van der Waals surface area (Å²) in [5.41, 5.74) is -0.555. The van der Waals surface area contributed by atoms with Crippen LogP contribution in [0, 0.1) is 5.92 Å². The van der Waals surface area contributed by atoms with E-state index in [0.717, 1.165) is 4.68 Å². The molecule has 13 nitrogen and oxygen atoms in total. The van der Waals surface area contributed by atoms with Crippen molar-refractivity contribution in [3.05, 3.63) is 51.7 Å². The molecule has 4 N–H and O–H groups in total. The van der Waals surface area contributed by atoms with Crippen LogP contribution < -0.4 is 10.9 Å². The first-order chi connectivity index (χ1) is 16.6. The Morgan fingerprint density at radius 2 is 1.86 bits per heavy atom. The number of aromatic hydroxyl groups is 2. The molecule has 5 rings (SSSR count). The fourth-order valence-corrected chi connectivity index (χ4v) is 5.47. The van der Waals surface area contributed by atoms with Crippen molar-refractivity contribution in [1.82, 2.24) is 24.6 Å². The minimum absolute atomic E-state index is 0. The molecule has 15 heteroatoms. The van der Waals surface area contributed by atoms with Crippen LogP contribution in [0.25, 0.3) is 0 Å². The van der Waals surface area contributed by atoms with Gasteiger partial charge in [-0.1, -0.05) is 0 Å². The van der Waals surface area contributed by atoms with Gasteiger partial charge in [-0.15, -0.1) is 5.10 Å². The van der Waals surface area contributed by atoms with Gasteiger partial charge in [0.1, 0.15) is 23.3 Å². The van der Waals surface area contributed by atoms with Crippen LogP contribution in [0.1, 0.15) is 17.5 Å². The van der Waals surface area contributed by atoms with E-state index in [9.17, 15) is 34.5 Å². The van der Waals surface area contributed by atoms with E-state index in [1.807, 2.05) is 0 Å². The van der Waals surface area contributed by atoms with Crippen LogP contribution in [0.5, 0.6) is 11.6 Å². The summed E-state index contributed by atoms with van der Waals surface area (Å²) in [5, 5.41) is 34.3. The molecule has 3 amide bonds. The Kier molecular flexibility index (Phi) is 6.81. The molecule has 2 saturated heterocycles. The van der Waals surface area contributed by atoms with Crippen molar-refractivity contribution >= 4 is 65.8 Å². The first kappa shape index (κ1) is 26.0. The van der Waals surface area contributed by atoms with Crippen LogP contribution in [0.15, 0.2) is 40.3 Å². The number of carbonyl (C=O) groups excluding carboxylic acids is 2. The van der Waals surface area contributed by atoms with Crippen molar-refractivity contribution in [1.29, 1.82) is 0 Å². The van der Waals surface area contributed by atoms with Gasteiger partial charge in [-0.3, -0.25) is 14.5 Å². The normalized spacial score (nSPS) is 22.9. The summed E-state index contributed by atoms with van der Waals surface area (Å²) in [7, 11) is 1.42. The predicted molar refractivity (Wildman–Crippen MR) is 129 cm³/mol. The zero-order chi connectivity index (χ0) is 25.2. The number of rotatable bonds is 4. The van der Waals surface area contributed by atoms with Crippen LogP contribution >= 0.6 is 12.6 Å². The molecule has 0 spiro atoms. The molecule has 4 atom stereocenters. The molecule has 2 aromatic rings. The second-order valence-corrected chi connectivity index (χ2v) is 9.06. The van der Waals surface area contributed by atoms with Crippen molar-refractivity contribution in [3.8, 4) is 11.6 Å². The molecule has 3 aliphatic heterocycles. The Hall–Kier alpha value is -3.07. The topological polar surface area (TPSA) is 178 Å². The maximum absolute atomic E-state index is 13.1. The summed E-state index contributed by atoms with van der Waals surface area (Å²) >= 11 is 4.51. The number of anilines is 1. The van der Waals surface area contributed by atoms with Crippen molar-refractivity contribution in [2.45, 2.75) is 23.8 Å². The fraction of sp³-hybridized carbons (Fsp3) is 0.333. The van der Waals surface area contributed by atoms with Gasteiger partial charge in [0, 0.05) is 25.2 Å². The number of likely N-dealkylation sites (tertiary alicyclic amines) is 1. The molecule has 0 saturated carbocycles. The molecular weight excluding hydrogens is 503 g/mol. The van der Waals surface area contributed by atoms with Crippen molar-refractivity contribution in [3.63, 3.8) is 0 Å². The first-order valence-electron chi connectivity index (χ1n) is 10.6. The van der Waals surface area contributed by atoms with Crippen LogP contribution in [0.2, 0.25) is 0 Å². The van der Waals surface area contributed by atoms with E-state index >= 15 is 0 Å². The van der Waals surface area contributed by atoms with Gasteiger partial charge in [0.15, 0.2) is 0 Å². The average Bonchev–Trinajstić information content (AvgIpc) is 3.18. The van der Waals surface area contributed by atoms with Crippen molar-refractivity contribution in [2.24, 2.45) is 13.0 Å².